The maximum atomic E-state index is 15.0. The quantitative estimate of drug-likeness (QED) is 0.0494. The van der Waals surface area contributed by atoms with E-state index in [2.05, 4.69) is 13.5 Å². The van der Waals surface area contributed by atoms with Crippen molar-refractivity contribution in [3.63, 3.8) is 0 Å². The minimum atomic E-state index is -2.01. The molecule has 8 aliphatic rings. The van der Waals surface area contributed by atoms with Gasteiger partial charge in [0.15, 0.2) is 25.0 Å². The van der Waals surface area contributed by atoms with E-state index >= 15 is 4.79 Å². The number of carbonyl (C=O) groups excluding carboxylic acids is 1. The summed E-state index contributed by atoms with van der Waals surface area (Å²) in [4.78, 5) is 15.0. The highest BCUT2D eigenvalue weighted by molar-refractivity contribution is 5.77. The number of hydrogen-bond donors (Lipinski definition) is 14. The van der Waals surface area contributed by atoms with E-state index in [0.29, 0.717) is 51.4 Å². The van der Waals surface area contributed by atoms with Gasteiger partial charge in [-0.15, -0.1) is 0 Å². The van der Waals surface area contributed by atoms with Crippen molar-refractivity contribution in [2.24, 2.45) is 28.1 Å². The first-order valence-corrected chi connectivity index (χ1v) is 23.4. The summed E-state index contributed by atoms with van der Waals surface area (Å²) in [7, 11) is 0. The summed E-state index contributed by atoms with van der Waals surface area (Å²) in [6.07, 6.45) is -29.3. The van der Waals surface area contributed by atoms with Crippen LogP contribution in [0.15, 0.2) is 12.2 Å². The first-order valence-electron chi connectivity index (χ1n) is 23.4. The van der Waals surface area contributed by atoms with Gasteiger partial charge in [-0.05, 0) is 86.5 Å². The average molecular weight is 967 g/mol. The standard InChI is InChI=1S/C44H70O23/c1-17-11-43-9-5-22-41(2,23(43)6-10-44(17,16-43)67-38-33(58)30(55)26(51)20(14-47)62-38)7-4-8-42(22,3)40(59)66-39-35(65-37-32(57)29(54)25(50)19(13-46)61-37)34(27(52)21(15-48)63-39)64-36-31(56)28(53)24(49)18(12-45)60-36/h18-39,45-58H,1,4-16H2,2-3H3/t18?,19?,20?,21?,22-,23-,24?,25?,26?,27?,28?,29?,30?,31?,32?,33?,34?,35?,36?,37?,38?,39?,41+,42+,43+,44-/m0/s1. The van der Waals surface area contributed by atoms with Crippen LogP contribution in [0, 0.1) is 28.1 Å². The van der Waals surface area contributed by atoms with Gasteiger partial charge in [-0.1, -0.05) is 19.9 Å². The van der Waals surface area contributed by atoms with Crippen LogP contribution in [0.2, 0.25) is 0 Å². The second-order valence-electron chi connectivity index (χ2n) is 20.8. The van der Waals surface area contributed by atoms with Crippen molar-refractivity contribution >= 4 is 5.97 Å². The normalized spacial score (nSPS) is 54.5. The number of fused-ring (bicyclic) bond motifs is 3. The molecule has 4 aliphatic carbocycles. The van der Waals surface area contributed by atoms with Crippen molar-refractivity contribution in [3.8, 4) is 0 Å². The Morgan fingerprint density at radius 2 is 1.03 bits per heavy atom. The van der Waals surface area contributed by atoms with Crippen LogP contribution in [-0.4, -0.2) is 232 Å². The molecule has 0 amide bonds. The molecule has 20 unspecified atom stereocenters. The SMILES string of the molecule is C=C1C[C@@]23CC[C@H]4[C@@](C)(CCC[C@@]4(C)C(=O)OC4OC(CO)C(O)C(OC5OC(CO)C(O)C(O)C5O)C4OC4OC(CO)C(O)C(O)C4O)[C@@H]2CC[C@]1(OC1OC(CO)C(O)C(O)C1O)C3. The number of rotatable bonds is 12. The first-order chi connectivity index (χ1) is 31.6. The number of ether oxygens (including phenoxy) is 8. The van der Waals surface area contributed by atoms with E-state index in [1.54, 1.807) is 6.92 Å². The van der Waals surface area contributed by atoms with Crippen LogP contribution in [-0.2, 0) is 42.7 Å². The van der Waals surface area contributed by atoms with Gasteiger partial charge in [0.2, 0.25) is 6.29 Å². The van der Waals surface area contributed by atoms with Crippen molar-refractivity contribution < 1.29 is 114 Å². The predicted octanol–water partition coefficient (Wildman–Crippen LogP) is -5.11. The van der Waals surface area contributed by atoms with Gasteiger partial charge in [-0.25, -0.2) is 0 Å². The average Bonchev–Trinajstić information content (AvgIpc) is 3.50. The highest BCUT2D eigenvalue weighted by atomic mass is 16.8. The molecule has 23 heteroatoms. The predicted molar refractivity (Wildman–Crippen MR) is 219 cm³/mol. The summed E-state index contributed by atoms with van der Waals surface area (Å²) in [5, 5.41) is 147. The smallest absolute Gasteiger partial charge is 0.314 e. The van der Waals surface area contributed by atoms with Gasteiger partial charge in [-0.2, -0.15) is 0 Å². The highest BCUT2D eigenvalue weighted by Gasteiger charge is 2.69. The second-order valence-corrected chi connectivity index (χ2v) is 20.8. The Labute approximate surface area is 386 Å². The third kappa shape index (κ3) is 8.63. The molecule has 14 N–H and O–H groups in total. The highest BCUT2D eigenvalue weighted by Crippen LogP contribution is 2.73. The molecular weight excluding hydrogens is 896 g/mol. The molecule has 4 heterocycles. The van der Waals surface area contributed by atoms with Gasteiger partial charge >= 0.3 is 5.97 Å². The van der Waals surface area contributed by atoms with Gasteiger partial charge in [-0.3, -0.25) is 4.79 Å². The zero-order valence-electron chi connectivity index (χ0n) is 37.5. The molecular formula is C44H70O23. The number of aliphatic hydroxyl groups excluding tert-OH is 14. The zero-order valence-corrected chi connectivity index (χ0v) is 37.5. The summed E-state index contributed by atoms with van der Waals surface area (Å²) in [6.45, 7) is 5.23. The Balaban J connectivity index is 1.06. The maximum Gasteiger partial charge on any atom is 0.314 e. The van der Waals surface area contributed by atoms with Crippen molar-refractivity contribution in [1.29, 1.82) is 0 Å². The molecule has 2 bridgehead atoms. The van der Waals surface area contributed by atoms with E-state index in [1.807, 2.05) is 0 Å². The maximum absolute atomic E-state index is 15.0. The molecule has 8 fully saturated rings. The number of carbonyl (C=O) groups is 1. The Morgan fingerprint density at radius 3 is 1.57 bits per heavy atom. The zero-order chi connectivity index (χ0) is 48.7. The summed E-state index contributed by atoms with van der Waals surface area (Å²) < 4.78 is 47.8. The van der Waals surface area contributed by atoms with Crippen LogP contribution in [0.5, 0.6) is 0 Å². The molecule has 4 saturated carbocycles. The fourth-order valence-electron chi connectivity index (χ4n) is 13.5. The van der Waals surface area contributed by atoms with E-state index < -0.39 is 172 Å². The van der Waals surface area contributed by atoms with Crippen molar-refractivity contribution in [3.05, 3.63) is 12.2 Å². The van der Waals surface area contributed by atoms with Gasteiger partial charge in [0.05, 0.1) is 37.4 Å². The van der Waals surface area contributed by atoms with Crippen LogP contribution in [0.1, 0.15) is 71.6 Å². The molecule has 0 aromatic heterocycles. The van der Waals surface area contributed by atoms with Gasteiger partial charge in [0, 0.05) is 0 Å². The molecule has 26 atom stereocenters. The summed E-state index contributed by atoms with van der Waals surface area (Å²) in [5.41, 5.74) is -2.11. The molecule has 4 saturated heterocycles. The second kappa shape index (κ2) is 19.4. The van der Waals surface area contributed by atoms with Crippen LogP contribution < -0.4 is 0 Å². The number of esters is 1. The van der Waals surface area contributed by atoms with Crippen LogP contribution in [0.4, 0.5) is 0 Å². The minimum absolute atomic E-state index is 0.0513. The van der Waals surface area contributed by atoms with E-state index in [1.165, 1.54) is 0 Å². The van der Waals surface area contributed by atoms with Gasteiger partial charge < -0.3 is 109 Å². The molecule has 0 aromatic rings. The fraction of sp³-hybridized carbons (Fsp3) is 0.932. The Morgan fingerprint density at radius 1 is 0.567 bits per heavy atom. The fourth-order valence-corrected chi connectivity index (χ4v) is 13.5. The van der Waals surface area contributed by atoms with Gasteiger partial charge in [0.1, 0.15) is 91.6 Å². The van der Waals surface area contributed by atoms with Crippen LogP contribution in [0.25, 0.3) is 0 Å². The summed E-state index contributed by atoms with van der Waals surface area (Å²) in [5.74, 6) is -0.979. The molecule has 384 valence electrons. The monoisotopic (exact) mass is 966 g/mol. The lowest BCUT2D eigenvalue weighted by molar-refractivity contribution is -0.389. The van der Waals surface area contributed by atoms with E-state index in [0.717, 1.165) is 12.0 Å². The van der Waals surface area contributed by atoms with Crippen molar-refractivity contribution in [1.82, 2.24) is 0 Å². The lowest BCUT2D eigenvalue weighted by atomic mass is 9.41. The van der Waals surface area contributed by atoms with Crippen LogP contribution in [0.3, 0.4) is 0 Å². The Bertz CT molecular complexity index is 1760. The Hall–Kier alpha value is -1.63. The van der Waals surface area contributed by atoms with E-state index in [4.69, 9.17) is 37.9 Å². The third-order valence-electron chi connectivity index (χ3n) is 17.1. The molecule has 0 radical (unpaired) electrons. The van der Waals surface area contributed by atoms with E-state index in [-0.39, 0.29) is 17.3 Å². The summed E-state index contributed by atoms with van der Waals surface area (Å²) >= 11 is 0. The molecule has 1 spiro atoms. The Kier molecular flexibility index (Phi) is 15.0. The lowest BCUT2D eigenvalue weighted by Gasteiger charge is -2.64. The lowest BCUT2D eigenvalue weighted by Crippen LogP contribution is -2.67. The minimum Gasteiger partial charge on any atom is -0.432 e. The largest absolute Gasteiger partial charge is 0.432 e. The molecule has 0 aromatic carbocycles. The summed E-state index contributed by atoms with van der Waals surface area (Å²) in [6, 6.07) is 0. The third-order valence-corrected chi connectivity index (χ3v) is 17.1. The topological polar surface area (TPSA) is 374 Å². The molecule has 23 nitrogen and oxygen atoms in total. The first kappa shape index (κ1) is 51.7. The molecule has 4 aliphatic heterocycles. The van der Waals surface area contributed by atoms with Crippen molar-refractivity contribution in [2.45, 2.75) is 200 Å². The van der Waals surface area contributed by atoms with Gasteiger partial charge in [0.25, 0.3) is 0 Å². The van der Waals surface area contributed by atoms with E-state index in [9.17, 15) is 71.5 Å². The number of hydrogen-bond acceptors (Lipinski definition) is 23. The van der Waals surface area contributed by atoms with Crippen molar-refractivity contribution in [2.75, 3.05) is 26.4 Å². The number of aliphatic hydroxyl groups is 14. The molecule has 8 rings (SSSR count). The molecule has 67 heavy (non-hydrogen) atoms. The van der Waals surface area contributed by atoms with Crippen LogP contribution >= 0.6 is 0 Å².